The fourth-order valence-corrected chi connectivity index (χ4v) is 2.93. The Kier molecular flexibility index (Phi) is 4.97. The van der Waals surface area contributed by atoms with Crippen LogP contribution in [0.2, 0.25) is 0 Å². The van der Waals surface area contributed by atoms with E-state index < -0.39 is 0 Å². The first-order valence-corrected chi connectivity index (χ1v) is 7.29. The minimum Gasteiger partial charge on any atom is -0.339 e. The second-order valence-electron chi connectivity index (χ2n) is 5.40. The second-order valence-corrected chi connectivity index (χ2v) is 5.40. The molecule has 0 unspecified atom stereocenters. The van der Waals surface area contributed by atoms with Gasteiger partial charge < -0.3 is 10.6 Å². The smallest absolute Gasteiger partial charge is 0.254 e. The number of carbonyl (C=O) groups is 1. The van der Waals surface area contributed by atoms with Gasteiger partial charge in [-0.05, 0) is 37.4 Å². The summed E-state index contributed by atoms with van der Waals surface area (Å²) in [6.07, 6.45) is 6.84. The molecule has 0 radical (unpaired) electrons. The molecule has 2 N–H and O–H groups in total. The highest BCUT2D eigenvalue weighted by atomic mass is 16.2. The fourth-order valence-electron chi connectivity index (χ4n) is 2.93. The maximum Gasteiger partial charge on any atom is 0.254 e. The molecule has 3 nitrogen and oxygen atoms in total. The predicted octanol–water partition coefficient (Wildman–Crippen LogP) is 2.59. The molecule has 1 amide bonds. The topological polar surface area (TPSA) is 46.3 Å². The van der Waals surface area contributed by atoms with Crippen LogP contribution in [-0.2, 0) is 6.42 Å². The number of nitrogens with two attached hydrogens (primary N) is 1. The van der Waals surface area contributed by atoms with Crippen LogP contribution in [0.25, 0.3) is 0 Å². The number of hydrogen-bond donors (Lipinski definition) is 1. The quantitative estimate of drug-likeness (QED) is 0.904. The van der Waals surface area contributed by atoms with Crippen LogP contribution < -0.4 is 5.73 Å². The third-order valence-electron chi connectivity index (χ3n) is 4.10. The molecule has 0 aromatic heterocycles. The first-order valence-electron chi connectivity index (χ1n) is 7.29. The summed E-state index contributed by atoms with van der Waals surface area (Å²) in [5.41, 5.74) is 7.51. The van der Waals surface area contributed by atoms with Crippen molar-refractivity contribution < 1.29 is 4.79 Å². The van der Waals surface area contributed by atoms with E-state index in [1.54, 1.807) is 0 Å². The van der Waals surface area contributed by atoms with Gasteiger partial charge in [-0.1, -0.05) is 37.5 Å². The zero-order valence-corrected chi connectivity index (χ0v) is 11.8. The molecular weight excluding hydrogens is 236 g/mol. The Bertz CT molecular complexity index is 425. The molecule has 1 aromatic rings. The minimum absolute atomic E-state index is 0.149. The minimum atomic E-state index is 0.149. The van der Waals surface area contributed by atoms with Crippen LogP contribution >= 0.6 is 0 Å². The average Bonchev–Trinajstić information content (AvgIpc) is 2.47. The van der Waals surface area contributed by atoms with Gasteiger partial charge >= 0.3 is 0 Å². The highest BCUT2D eigenvalue weighted by molar-refractivity contribution is 5.95. The lowest BCUT2D eigenvalue weighted by Crippen LogP contribution is -2.38. The molecular formula is C16H24N2O. The predicted molar refractivity (Wildman–Crippen MR) is 78.2 cm³/mol. The van der Waals surface area contributed by atoms with Crippen molar-refractivity contribution in [2.45, 2.75) is 44.6 Å². The zero-order valence-electron chi connectivity index (χ0n) is 11.8. The van der Waals surface area contributed by atoms with E-state index >= 15 is 0 Å². The van der Waals surface area contributed by atoms with Crippen molar-refractivity contribution in [3.63, 3.8) is 0 Å². The summed E-state index contributed by atoms with van der Waals surface area (Å²) >= 11 is 0. The molecule has 1 aliphatic carbocycles. The van der Waals surface area contributed by atoms with Crippen LogP contribution in [0.5, 0.6) is 0 Å². The fraction of sp³-hybridized carbons (Fsp3) is 0.562. The Morgan fingerprint density at radius 2 is 1.95 bits per heavy atom. The first-order chi connectivity index (χ1) is 9.24. The van der Waals surface area contributed by atoms with Crippen LogP contribution in [0, 0.1) is 0 Å². The van der Waals surface area contributed by atoms with Crippen LogP contribution in [0.15, 0.2) is 24.3 Å². The molecule has 0 bridgehead atoms. The third-order valence-corrected chi connectivity index (χ3v) is 4.10. The summed E-state index contributed by atoms with van der Waals surface area (Å²) in [7, 11) is 1.94. The number of hydrogen-bond acceptors (Lipinski definition) is 2. The summed E-state index contributed by atoms with van der Waals surface area (Å²) < 4.78 is 0. The zero-order chi connectivity index (χ0) is 13.7. The number of carbonyl (C=O) groups excluding carboxylic acids is 1. The van der Waals surface area contributed by atoms with Gasteiger partial charge in [0.25, 0.3) is 5.91 Å². The Balaban J connectivity index is 2.13. The Morgan fingerprint density at radius 1 is 1.26 bits per heavy atom. The summed E-state index contributed by atoms with van der Waals surface area (Å²) in [6.45, 7) is 0.581. The highest BCUT2D eigenvalue weighted by Crippen LogP contribution is 2.23. The van der Waals surface area contributed by atoms with Gasteiger partial charge in [0.2, 0.25) is 0 Å². The standard InChI is InChI=1S/C16H24N2O/c1-18(14-8-3-2-4-9-14)16(19)15-10-6-5-7-13(15)11-12-17/h5-7,10,14H,2-4,8-9,11-12,17H2,1H3. The lowest BCUT2D eigenvalue weighted by Gasteiger charge is -2.31. The van der Waals surface area contributed by atoms with E-state index in [0.29, 0.717) is 12.6 Å². The second kappa shape index (κ2) is 6.71. The Hall–Kier alpha value is -1.35. The summed E-state index contributed by atoms with van der Waals surface area (Å²) in [5, 5.41) is 0. The van der Waals surface area contributed by atoms with Crippen molar-refractivity contribution in [1.82, 2.24) is 4.90 Å². The summed E-state index contributed by atoms with van der Waals surface area (Å²) in [6, 6.07) is 8.25. The number of amides is 1. The van der Waals surface area contributed by atoms with E-state index in [2.05, 4.69) is 0 Å². The number of benzene rings is 1. The van der Waals surface area contributed by atoms with Crippen molar-refractivity contribution in [2.24, 2.45) is 5.73 Å². The van der Waals surface area contributed by atoms with Gasteiger partial charge in [0, 0.05) is 18.7 Å². The lowest BCUT2D eigenvalue weighted by molar-refractivity contribution is 0.0695. The van der Waals surface area contributed by atoms with Crippen LogP contribution in [0.3, 0.4) is 0 Å². The van der Waals surface area contributed by atoms with Gasteiger partial charge in [-0.2, -0.15) is 0 Å². The molecule has 19 heavy (non-hydrogen) atoms. The van der Waals surface area contributed by atoms with E-state index in [1.165, 1.54) is 19.3 Å². The monoisotopic (exact) mass is 260 g/mol. The van der Waals surface area contributed by atoms with E-state index in [4.69, 9.17) is 5.73 Å². The molecule has 0 heterocycles. The third kappa shape index (κ3) is 3.35. The van der Waals surface area contributed by atoms with Crippen molar-refractivity contribution in [3.05, 3.63) is 35.4 Å². The highest BCUT2D eigenvalue weighted by Gasteiger charge is 2.23. The van der Waals surface area contributed by atoms with Crippen molar-refractivity contribution in [1.29, 1.82) is 0 Å². The van der Waals surface area contributed by atoms with E-state index in [-0.39, 0.29) is 5.91 Å². The van der Waals surface area contributed by atoms with Crippen LogP contribution in [0.4, 0.5) is 0 Å². The molecule has 1 fully saturated rings. The Labute approximate surface area is 115 Å². The van der Waals surface area contributed by atoms with E-state index in [1.807, 2.05) is 36.2 Å². The molecule has 3 heteroatoms. The van der Waals surface area contributed by atoms with Crippen molar-refractivity contribution >= 4 is 5.91 Å². The number of rotatable bonds is 4. The molecule has 2 rings (SSSR count). The molecule has 0 atom stereocenters. The summed E-state index contributed by atoms with van der Waals surface area (Å²) in [4.78, 5) is 14.6. The SMILES string of the molecule is CN(C(=O)c1ccccc1CCN)C1CCCCC1. The average molecular weight is 260 g/mol. The van der Waals surface area contributed by atoms with Gasteiger partial charge in [-0.3, -0.25) is 4.79 Å². The van der Waals surface area contributed by atoms with Crippen molar-refractivity contribution in [3.8, 4) is 0 Å². The summed E-state index contributed by atoms with van der Waals surface area (Å²) in [5.74, 6) is 0.149. The van der Waals surface area contributed by atoms with Crippen LogP contribution in [0.1, 0.15) is 48.0 Å². The molecule has 1 aromatic carbocycles. The first kappa shape index (κ1) is 14.1. The van der Waals surface area contributed by atoms with E-state index in [9.17, 15) is 4.79 Å². The maximum absolute atomic E-state index is 12.6. The molecule has 0 aliphatic heterocycles. The van der Waals surface area contributed by atoms with Gasteiger partial charge in [0.1, 0.15) is 0 Å². The maximum atomic E-state index is 12.6. The molecule has 1 aliphatic rings. The normalized spacial score (nSPS) is 16.3. The van der Waals surface area contributed by atoms with Gasteiger partial charge in [-0.25, -0.2) is 0 Å². The van der Waals surface area contributed by atoms with Crippen LogP contribution in [-0.4, -0.2) is 30.4 Å². The number of nitrogens with zero attached hydrogens (tertiary/aromatic N) is 1. The van der Waals surface area contributed by atoms with Gasteiger partial charge in [0.15, 0.2) is 0 Å². The van der Waals surface area contributed by atoms with Gasteiger partial charge in [-0.15, -0.1) is 0 Å². The Morgan fingerprint density at radius 3 is 2.63 bits per heavy atom. The molecule has 0 spiro atoms. The molecule has 0 saturated heterocycles. The molecule has 104 valence electrons. The lowest BCUT2D eigenvalue weighted by atomic mass is 9.93. The van der Waals surface area contributed by atoms with E-state index in [0.717, 1.165) is 30.4 Å². The van der Waals surface area contributed by atoms with Crippen molar-refractivity contribution in [2.75, 3.05) is 13.6 Å². The largest absolute Gasteiger partial charge is 0.339 e. The van der Waals surface area contributed by atoms with Gasteiger partial charge in [0.05, 0.1) is 0 Å². The molecule has 1 saturated carbocycles.